The number of nitrogens with one attached hydrogen (secondary N) is 1. The highest BCUT2D eigenvalue weighted by molar-refractivity contribution is 9.10. The Morgan fingerprint density at radius 1 is 1.10 bits per heavy atom. The second-order valence-corrected chi connectivity index (χ2v) is 6.15. The lowest BCUT2D eigenvalue weighted by Gasteiger charge is -2.22. The molecule has 1 saturated heterocycles. The second kappa shape index (κ2) is 6.48. The van der Waals surface area contributed by atoms with E-state index in [1.165, 1.54) is 36.2 Å². The molecule has 0 saturated carbocycles. The van der Waals surface area contributed by atoms with E-state index < -0.39 is 0 Å². The summed E-state index contributed by atoms with van der Waals surface area (Å²) in [4.78, 5) is 2.44. The van der Waals surface area contributed by atoms with Crippen molar-refractivity contribution in [2.45, 2.75) is 19.4 Å². The molecule has 1 aliphatic heterocycles. The molecule has 0 bridgehead atoms. The fourth-order valence-electron chi connectivity index (χ4n) is 2.75. The van der Waals surface area contributed by atoms with Crippen molar-refractivity contribution >= 4 is 27.3 Å². The first-order chi connectivity index (χ1) is 10.2. The standard InChI is InChI=1S/C17H18BrFN2/c18-15-11-14(19)7-8-16(15)20-12-13-5-1-2-6-17(13)21-9-3-4-10-21/h1-2,5-8,11,20H,3-4,9-10,12H2. The zero-order chi connectivity index (χ0) is 14.7. The SMILES string of the molecule is Fc1ccc(NCc2ccccc2N2CCCC2)c(Br)c1. The van der Waals surface area contributed by atoms with Crippen molar-refractivity contribution in [3.05, 3.63) is 58.3 Å². The average Bonchev–Trinajstić information content (AvgIpc) is 3.01. The molecular weight excluding hydrogens is 331 g/mol. The summed E-state index contributed by atoms with van der Waals surface area (Å²) >= 11 is 3.39. The molecule has 0 radical (unpaired) electrons. The summed E-state index contributed by atoms with van der Waals surface area (Å²) in [5, 5.41) is 3.38. The van der Waals surface area contributed by atoms with Gasteiger partial charge in [0.2, 0.25) is 0 Å². The highest BCUT2D eigenvalue weighted by Gasteiger charge is 2.15. The molecule has 4 heteroatoms. The molecule has 1 aliphatic rings. The summed E-state index contributed by atoms with van der Waals surface area (Å²) in [6.45, 7) is 3.01. The Morgan fingerprint density at radius 3 is 2.62 bits per heavy atom. The highest BCUT2D eigenvalue weighted by atomic mass is 79.9. The Bertz CT molecular complexity index is 624. The van der Waals surface area contributed by atoms with E-state index in [0.717, 1.165) is 29.8 Å². The third kappa shape index (κ3) is 3.38. The normalized spacial score (nSPS) is 14.5. The summed E-state index contributed by atoms with van der Waals surface area (Å²) in [5.74, 6) is -0.232. The molecule has 2 aromatic rings. The maximum atomic E-state index is 13.1. The molecule has 0 amide bonds. The van der Waals surface area contributed by atoms with Crippen molar-refractivity contribution in [3.8, 4) is 0 Å². The first-order valence-electron chi connectivity index (χ1n) is 7.26. The van der Waals surface area contributed by atoms with E-state index in [0.29, 0.717) is 0 Å². The van der Waals surface area contributed by atoms with Crippen LogP contribution in [0.5, 0.6) is 0 Å². The first kappa shape index (κ1) is 14.4. The molecule has 21 heavy (non-hydrogen) atoms. The Balaban J connectivity index is 1.75. The van der Waals surface area contributed by atoms with E-state index in [1.54, 1.807) is 6.07 Å². The summed E-state index contributed by atoms with van der Waals surface area (Å²) in [5.41, 5.74) is 3.49. The van der Waals surface area contributed by atoms with Gasteiger partial charge >= 0.3 is 0 Å². The summed E-state index contributed by atoms with van der Waals surface area (Å²) in [7, 11) is 0. The Labute approximate surface area is 133 Å². The van der Waals surface area contributed by atoms with Crippen molar-refractivity contribution in [1.29, 1.82) is 0 Å². The van der Waals surface area contributed by atoms with Crippen LogP contribution in [0, 0.1) is 5.82 Å². The van der Waals surface area contributed by atoms with Crippen molar-refractivity contribution in [2.75, 3.05) is 23.3 Å². The van der Waals surface area contributed by atoms with Gasteiger partial charge in [0.15, 0.2) is 0 Å². The van der Waals surface area contributed by atoms with Crippen LogP contribution in [0.1, 0.15) is 18.4 Å². The summed E-state index contributed by atoms with van der Waals surface area (Å²) < 4.78 is 13.9. The van der Waals surface area contributed by atoms with Gasteiger partial charge in [-0.25, -0.2) is 4.39 Å². The number of anilines is 2. The lowest BCUT2D eigenvalue weighted by molar-refractivity contribution is 0.627. The molecule has 2 aromatic carbocycles. The monoisotopic (exact) mass is 348 g/mol. The number of hydrogen-bond donors (Lipinski definition) is 1. The third-order valence-electron chi connectivity index (χ3n) is 3.84. The topological polar surface area (TPSA) is 15.3 Å². The van der Waals surface area contributed by atoms with E-state index in [9.17, 15) is 4.39 Å². The van der Waals surface area contributed by atoms with E-state index >= 15 is 0 Å². The van der Waals surface area contributed by atoms with Gasteiger partial charge in [0.1, 0.15) is 5.82 Å². The minimum Gasteiger partial charge on any atom is -0.380 e. The zero-order valence-corrected chi connectivity index (χ0v) is 13.4. The Kier molecular flexibility index (Phi) is 4.44. The molecule has 1 N–H and O–H groups in total. The molecule has 0 aromatic heterocycles. The second-order valence-electron chi connectivity index (χ2n) is 5.30. The third-order valence-corrected chi connectivity index (χ3v) is 4.49. The van der Waals surface area contributed by atoms with Crippen LogP contribution in [0.2, 0.25) is 0 Å². The predicted molar refractivity (Wildman–Crippen MR) is 89.3 cm³/mol. The van der Waals surface area contributed by atoms with Crippen LogP contribution in [-0.2, 0) is 6.54 Å². The van der Waals surface area contributed by atoms with Crippen LogP contribution >= 0.6 is 15.9 Å². The highest BCUT2D eigenvalue weighted by Crippen LogP contribution is 2.27. The van der Waals surface area contributed by atoms with Crippen LogP contribution < -0.4 is 10.2 Å². The molecule has 2 nitrogen and oxygen atoms in total. The number of hydrogen-bond acceptors (Lipinski definition) is 2. The lowest BCUT2D eigenvalue weighted by atomic mass is 10.1. The lowest BCUT2D eigenvalue weighted by Crippen LogP contribution is -2.19. The van der Waals surface area contributed by atoms with Gasteiger partial charge in [-0.15, -0.1) is 0 Å². The van der Waals surface area contributed by atoms with E-state index in [1.807, 2.05) is 0 Å². The molecule has 1 fully saturated rings. The van der Waals surface area contributed by atoms with Gasteiger partial charge in [-0.2, -0.15) is 0 Å². The number of nitrogens with zero attached hydrogens (tertiary/aromatic N) is 1. The summed E-state index contributed by atoms with van der Waals surface area (Å²) in [6.07, 6.45) is 2.54. The molecule has 0 aliphatic carbocycles. The fourth-order valence-corrected chi connectivity index (χ4v) is 3.24. The van der Waals surface area contributed by atoms with Gasteiger partial charge in [-0.3, -0.25) is 0 Å². The number of halogens is 2. The zero-order valence-electron chi connectivity index (χ0n) is 11.8. The number of para-hydroxylation sites is 1. The molecule has 3 rings (SSSR count). The van der Waals surface area contributed by atoms with E-state index in [-0.39, 0.29) is 5.82 Å². The quantitative estimate of drug-likeness (QED) is 0.853. The van der Waals surface area contributed by atoms with Gasteiger partial charge in [0.05, 0.1) is 0 Å². The van der Waals surface area contributed by atoms with Gasteiger partial charge in [0, 0.05) is 35.5 Å². The van der Waals surface area contributed by atoms with Crippen LogP contribution in [0.25, 0.3) is 0 Å². The van der Waals surface area contributed by atoms with Crippen molar-refractivity contribution in [2.24, 2.45) is 0 Å². The fraction of sp³-hybridized carbons (Fsp3) is 0.294. The molecule has 0 spiro atoms. The van der Waals surface area contributed by atoms with Crippen molar-refractivity contribution in [1.82, 2.24) is 0 Å². The largest absolute Gasteiger partial charge is 0.380 e. The van der Waals surface area contributed by atoms with Crippen LogP contribution in [0.4, 0.5) is 15.8 Å². The average molecular weight is 349 g/mol. The van der Waals surface area contributed by atoms with E-state index in [2.05, 4.69) is 50.4 Å². The molecule has 0 unspecified atom stereocenters. The number of benzene rings is 2. The van der Waals surface area contributed by atoms with E-state index in [4.69, 9.17) is 0 Å². The first-order valence-corrected chi connectivity index (χ1v) is 8.05. The maximum absolute atomic E-state index is 13.1. The van der Waals surface area contributed by atoms with Crippen LogP contribution in [0.15, 0.2) is 46.9 Å². The molecule has 1 heterocycles. The van der Waals surface area contributed by atoms with Gasteiger partial charge < -0.3 is 10.2 Å². The van der Waals surface area contributed by atoms with Crippen molar-refractivity contribution in [3.63, 3.8) is 0 Å². The maximum Gasteiger partial charge on any atom is 0.124 e. The smallest absolute Gasteiger partial charge is 0.124 e. The van der Waals surface area contributed by atoms with Crippen molar-refractivity contribution < 1.29 is 4.39 Å². The molecule has 110 valence electrons. The minimum atomic E-state index is -0.232. The predicted octanol–water partition coefficient (Wildman–Crippen LogP) is 4.80. The Hall–Kier alpha value is -1.55. The number of rotatable bonds is 4. The van der Waals surface area contributed by atoms with Gasteiger partial charge in [0.25, 0.3) is 0 Å². The minimum absolute atomic E-state index is 0.232. The van der Waals surface area contributed by atoms with Gasteiger partial charge in [-0.05, 0) is 58.6 Å². The van der Waals surface area contributed by atoms with Crippen LogP contribution in [0.3, 0.4) is 0 Å². The molecular formula is C17H18BrFN2. The van der Waals surface area contributed by atoms with Crippen LogP contribution in [-0.4, -0.2) is 13.1 Å². The van der Waals surface area contributed by atoms with Gasteiger partial charge in [-0.1, -0.05) is 18.2 Å². The molecule has 0 atom stereocenters. The Morgan fingerprint density at radius 2 is 1.86 bits per heavy atom. The summed E-state index contributed by atoms with van der Waals surface area (Å²) in [6, 6.07) is 13.2.